The van der Waals surface area contributed by atoms with Crippen LogP contribution in [0.15, 0.2) is 51.6 Å². The molecule has 2 aromatic rings. The maximum Gasteiger partial charge on any atom is 0.120 e. The van der Waals surface area contributed by atoms with Crippen LogP contribution in [0, 0.1) is 0 Å². The summed E-state index contributed by atoms with van der Waals surface area (Å²) in [6.45, 7) is 4.38. The molecule has 2 atom stereocenters. The van der Waals surface area contributed by atoms with Gasteiger partial charge in [0.05, 0.1) is 12.3 Å². The molecule has 0 aliphatic rings. The van der Waals surface area contributed by atoms with Crippen LogP contribution in [-0.4, -0.2) is 0 Å². The Kier molecular flexibility index (Phi) is 5.23. The maximum absolute atomic E-state index is 5.52. The van der Waals surface area contributed by atoms with Crippen molar-refractivity contribution in [3.8, 4) is 0 Å². The number of nitrogens with one attached hydrogen (secondary N) is 1. The predicted molar refractivity (Wildman–Crippen MR) is 82.0 cm³/mol. The van der Waals surface area contributed by atoms with E-state index in [1.165, 1.54) is 5.56 Å². The van der Waals surface area contributed by atoms with Crippen molar-refractivity contribution in [1.29, 1.82) is 0 Å². The highest BCUT2D eigenvalue weighted by Gasteiger charge is 2.17. The molecule has 0 saturated heterocycles. The third-order valence-corrected chi connectivity index (χ3v) is 3.91. The normalized spacial score (nSPS) is 14.3. The molecular weight excluding hydrogens is 302 g/mol. The van der Waals surface area contributed by atoms with Crippen LogP contribution in [0.1, 0.15) is 50.1 Å². The molecule has 0 radical (unpaired) electrons. The first kappa shape index (κ1) is 14.4. The molecule has 19 heavy (non-hydrogen) atoms. The van der Waals surface area contributed by atoms with Crippen LogP contribution in [0.4, 0.5) is 0 Å². The molecule has 0 amide bonds. The van der Waals surface area contributed by atoms with E-state index < -0.39 is 0 Å². The topological polar surface area (TPSA) is 25.2 Å². The van der Waals surface area contributed by atoms with Crippen molar-refractivity contribution < 1.29 is 4.42 Å². The molecule has 0 aliphatic carbocycles. The Balaban J connectivity index is 2.11. The average Bonchev–Trinajstić information content (AvgIpc) is 2.95. The zero-order valence-corrected chi connectivity index (χ0v) is 13.0. The zero-order valence-electron chi connectivity index (χ0n) is 11.4. The molecule has 2 nitrogen and oxygen atoms in total. The van der Waals surface area contributed by atoms with E-state index in [1.54, 1.807) is 6.26 Å². The van der Waals surface area contributed by atoms with Gasteiger partial charge >= 0.3 is 0 Å². The van der Waals surface area contributed by atoms with Gasteiger partial charge < -0.3 is 9.73 Å². The molecule has 1 aromatic heterocycles. The van der Waals surface area contributed by atoms with Gasteiger partial charge in [-0.25, -0.2) is 0 Å². The van der Waals surface area contributed by atoms with Gasteiger partial charge in [0.15, 0.2) is 0 Å². The first-order valence-electron chi connectivity index (χ1n) is 6.79. The summed E-state index contributed by atoms with van der Waals surface area (Å²) in [4.78, 5) is 0. The van der Waals surface area contributed by atoms with E-state index in [0.29, 0.717) is 6.04 Å². The lowest BCUT2D eigenvalue weighted by Gasteiger charge is -2.23. The van der Waals surface area contributed by atoms with Crippen molar-refractivity contribution in [2.45, 2.75) is 38.8 Å². The lowest BCUT2D eigenvalue weighted by Crippen LogP contribution is -2.25. The molecule has 102 valence electrons. The number of hydrogen-bond donors (Lipinski definition) is 1. The molecule has 1 N–H and O–H groups in total. The minimum atomic E-state index is 0.267. The van der Waals surface area contributed by atoms with E-state index in [-0.39, 0.29) is 6.04 Å². The Morgan fingerprint density at radius 1 is 1.05 bits per heavy atom. The molecule has 2 unspecified atom stereocenters. The van der Waals surface area contributed by atoms with Gasteiger partial charge in [0, 0.05) is 10.5 Å². The van der Waals surface area contributed by atoms with Gasteiger partial charge in [-0.2, -0.15) is 0 Å². The third kappa shape index (κ3) is 3.71. The van der Waals surface area contributed by atoms with Crippen LogP contribution in [0.5, 0.6) is 0 Å². The molecule has 0 aliphatic heterocycles. The lowest BCUT2D eigenvalue weighted by molar-refractivity contribution is 0.362. The van der Waals surface area contributed by atoms with Crippen molar-refractivity contribution in [2.75, 3.05) is 0 Å². The SMILES string of the molecule is CCC(NC(CC)c1ccco1)c1ccc(Br)cc1. The summed E-state index contributed by atoms with van der Waals surface area (Å²) >= 11 is 3.48. The molecular formula is C16H20BrNO. The van der Waals surface area contributed by atoms with Crippen molar-refractivity contribution in [1.82, 2.24) is 5.32 Å². The summed E-state index contributed by atoms with van der Waals surface area (Å²) in [5.41, 5.74) is 1.32. The summed E-state index contributed by atoms with van der Waals surface area (Å²) in [7, 11) is 0. The second-order valence-electron chi connectivity index (χ2n) is 4.66. The Morgan fingerprint density at radius 2 is 1.74 bits per heavy atom. The molecule has 3 heteroatoms. The van der Waals surface area contributed by atoms with Crippen molar-refractivity contribution in [3.05, 3.63) is 58.5 Å². The molecule has 0 saturated carbocycles. The Morgan fingerprint density at radius 3 is 2.26 bits per heavy atom. The largest absolute Gasteiger partial charge is 0.468 e. The fourth-order valence-electron chi connectivity index (χ4n) is 2.28. The first-order chi connectivity index (χ1) is 9.24. The summed E-state index contributed by atoms with van der Waals surface area (Å²) in [5.74, 6) is 1.01. The highest BCUT2D eigenvalue weighted by Crippen LogP contribution is 2.25. The van der Waals surface area contributed by atoms with Crippen LogP contribution in [0.3, 0.4) is 0 Å². The van der Waals surface area contributed by atoms with Gasteiger partial charge in [0.25, 0.3) is 0 Å². The Bertz CT molecular complexity index is 478. The minimum Gasteiger partial charge on any atom is -0.468 e. The second-order valence-corrected chi connectivity index (χ2v) is 5.57. The van der Waals surface area contributed by atoms with Crippen LogP contribution >= 0.6 is 15.9 Å². The van der Waals surface area contributed by atoms with Crippen molar-refractivity contribution in [3.63, 3.8) is 0 Å². The minimum absolute atomic E-state index is 0.267. The monoisotopic (exact) mass is 321 g/mol. The molecule has 1 heterocycles. The Labute approximate surface area is 123 Å². The fraction of sp³-hybridized carbons (Fsp3) is 0.375. The van der Waals surface area contributed by atoms with Crippen LogP contribution in [0.25, 0.3) is 0 Å². The van der Waals surface area contributed by atoms with Crippen molar-refractivity contribution in [2.24, 2.45) is 0 Å². The van der Waals surface area contributed by atoms with Gasteiger partial charge in [-0.1, -0.05) is 41.9 Å². The van der Waals surface area contributed by atoms with Crippen LogP contribution in [-0.2, 0) is 0 Å². The highest BCUT2D eigenvalue weighted by molar-refractivity contribution is 9.10. The molecule has 1 aromatic carbocycles. The van der Waals surface area contributed by atoms with E-state index >= 15 is 0 Å². The van der Waals surface area contributed by atoms with Crippen molar-refractivity contribution >= 4 is 15.9 Å². The zero-order chi connectivity index (χ0) is 13.7. The molecule has 0 spiro atoms. The summed E-state index contributed by atoms with van der Waals surface area (Å²) < 4.78 is 6.63. The predicted octanol–water partition coefficient (Wildman–Crippen LogP) is 5.23. The molecule has 0 fully saturated rings. The van der Waals surface area contributed by atoms with Gasteiger partial charge in [0.2, 0.25) is 0 Å². The second kappa shape index (κ2) is 6.92. The van der Waals surface area contributed by atoms with E-state index in [1.807, 2.05) is 12.1 Å². The molecule has 0 bridgehead atoms. The summed E-state index contributed by atoms with van der Waals surface area (Å²) in [6.07, 6.45) is 3.81. The standard InChI is InChI=1S/C16H20BrNO/c1-3-14(12-7-9-13(17)10-8-12)18-15(4-2)16-6-5-11-19-16/h5-11,14-15,18H,3-4H2,1-2H3. The maximum atomic E-state index is 5.52. The number of furan rings is 1. The van der Waals surface area contributed by atoms with E-state index in [0.717, 1.165) is 23.1 Å². The van der Waals surface area contributed by atoms with E-state index in [9.17, 15) is 0 Å². The number of rotatable bonds is 6. The van der Waals surface area contributed by atoms with Gasteiger partial charge in [-0.05, 0) is 42.7 Å². The molecule has 2 rings (SSSR count). The van der Waals surface area contributed by atoms with E-state index in [2.05, 4.69) is 59.4 Å². The van der Waals surface area contributed by atoms with Gasteiger partial charge in [-0.3, -0.25) is 0 Å². The Hall–Kier alpha value is -1.06. The number of benzene rings is 1. The van der Waals surface area contributed by atoms with Crippen LogP contribution < -0.4 is 5.32 Å². The smallest absolute Gasteiger partial charge is 0.120 e. The quantitative estimate of drug-likeness (QED) is 0.787. The summed E-state index contributed by atoms with van der Waals surface area (Å²) in [5, 5.41) is 3.68. The number of hydrogen-bond acceptors (Lipinski definition) is 2. The van der Waals surface area contributed by atoms with E-state index in [4.69, 9.17) is 4.42 Å². The van der Waals surface area contributed by atoms with Crippen LogP contribution in [0.2, 0.25) is 0 Å². The fourth-order valence-corrected chi connectivity index (χ4v) is 2.54. The average molecular weight is 322 g/mol. The lowest BCUT2D eigenvalue weighted by atomic mass is 10.0. The number of halogens is 1. The van der Waals surface area contributed by atoms with Gasteiger partial charge in [0.1, 0.15) is 5.76 Å². The van der Waals surface area contributed by atoms with Gasteiger partial charge in [-0.15, -0.1) is 0 Å². The first-order valence-corrected chi connectivity index (χ1v) is 7.58. The highest BCUT2D eigenvalue weighted by atomic mass is 79.9. The third-order valence-electron chi connectivity index (χ3n) is 3.38. The summed E-state index contributed by atoms with van der Waals surface area (Å²) in [6, 6.07) is 13.1.